The fourth-order valence-corrected chi connectivity index (χ4v) is 1.56. The smallest absolute Gasteiger partial charge is 0.191 e. The highest BCUT2D eigenvalue weighted by molar-refractivity contribution is 14.0. The van der Waals surface area contributed by atoms with E-state index in [1.807, 2.05) is 6.08 Å². The summed E-state index contributed by atoms with van der Waals surface area (Å²) in [5, 5.41) is 6.41. The Morgan fingerprint density at radius 3 is 2.44 bits per heavy atom. The van der Waals surface area contributed by atoms with Crippen LogP contribution in [0.4, 0.5) is 0 Å². The average molecular weight is 368 g/mol. The lowest BCUT2D eigenvalue weighted by molar-refractivity contribution is 0.297. The van der Waals surface area contributed by atoms with Crippen LogP contribution < -0.4 is 10.6 Å². The van der Waals surface area contributed by atoms with Gasteiger partial charge in [0.05, 0.1) is 6.54 Å². The van der Waals surface area contributed by atoms with Crippen molar-refractivity contribution in [1.82, 2.24) is 15.5 Å². The fraction of sp³-hybridized carbons (Fsp3) is 0.769. The molecule has 0 rings (SSSR count). The van der Waals surface area contributed by atoms with E-state index in [-0.39, 0.29) is 24.0 Å². The summed E-state index contributed by atoms with van der Waals surface area (Å²) in [5.41, 5.74) is 0. The molecule has 0 amide bonds. The van der Waals surface area contributed by atoms with Crippen molar-refractivity contribution in [3.63, 3.8) is 0 Å². The molecule has 0 unspecified atom stereocenters. The minimum atomic E-state index is 0. The second-order valence-electron chi connectivity index (χ2n) is 3.86. The van der Waals surface area contributed by atoms with Crippen molar-refractivity contribution in [2.45, 2.75) is 27.2 Å². The van der Waals surface area contributed by atoms with Gasteiger partial charge in [0.2, 0.25) is 0 Å². The van der Waals surface area contributed by atoms with Crippen LogP contribution in [0.15, 0.2) is 17.6 Å². The second kappa shape index (κ2) is 14.8. The number of aliphatic imine (C=N–C) groups is 1. The van der Waals surface area contributed by atoms with E-state index in [4.69, 9.17) is 0 Å². The van der Waals surface area contributed by atoms with Gasteiger partial charge in [-0.25, -0.2) is 0 Å². The lowest BCUT2D eigenvalue weighted by Gasteiger charge is -2.18. The zero-order valence-electron chi connectivity index (χ0n) is 12.0. The van der Waals surface area contributed by atoms with Crippen molar-refractivity contribution in [3.8, 4) is 0 Å². The third-order valence-electron chi connectivity index (χ3n) is 2.43. The largest absolute Gasteiger partial charge is 0.357 e. The van der Waals surface area contributed by atoms with Gasteiger partial charge in [0.15, 0.2) is 5.96 Å². The zero-order chi connectivity index (χ0) is 12.9. The summed E-state index contributed by atoms with van der Waals surface area (Å²) in [7, 11) is 0. The lowest BCUT2D eigenvalue weighted by atomic mass is 10.4. The summed E-state index contributed by atoms with van der Waals surface area (Å²) >= 11 is 0. The van der Waals surface area contributed by atoms with Crippen LogP contribution in [0.5, 0.6) is 0 Å². The molecule has 4 nitrogen and oxygen atoms in total. The lowest BCUT2D eigenvalue weighted by Crippen LogP contribution is -2.38. The number of hydrogen-bond donors (Lipinski definition) is 2. The molecule has 0 saturated heterocycles. The van der Waals surface area contributed by atoms with E-state index in [1.54, 1.807) is 0 Å². The highest BCUT2D eigenvalue weighted by Crippen LogP contribution is 1.90. The molecule has 0 fully saturated rings. The monoisotopic (exact) mass is 368 g/mol. The van der Waals surface area contributed by atoms with Gasteiger partial charge < -0.3 is 15.5 Å². The SMILES string of the molecule is C=CCNC(=NCCN(CC)CCC)NCC.I. The van der Waals surface area contributed by atoms with E-state index in [2.05, 4.69) is 47.9 Å². The Labute approximate surface area is 129 Å². The highest BCUT2D eigenvalue weighted by Gasteiger charge is 2.00. The van der Waals surface area contributed by atoms with Gasteiger partial charge in [0.25, 0.3) is 0 Å². The minimum Gasteiger partial charge on any atom is -0.357 e. The molecule has 0 saturated carbocycles. The molecule has 0 aliphatic carbocycles. The average Bonchev–Trinajstić information content (AvgIpc) is 2.34. The number of rotatable bonds is 9. The predicted octanol–water partition coefficient (Wildman–Crippen LogP) is 2.08. The van der Waals surface area contributed by atoms with E-state index in [9.17, 15) is 0 Å². The Balaban J connectivity index is 0. The molecule has 5 heteroatoms. The van der Waals surface area contributed by atoms with E-state index in [0.717, 1.165) is 45.2 Å². The van der Waals surface area contributed by atoms with Crippen molar-refractivity contribution in [1.29, 1.82) is 0 Å². The summed E-state index contributed by atoms with van der Waals surface area (Å²) in [6.07, 6.45) is 3.04. The molecular weight excluding hydrogens is 339 g/mol. The summed E-state index contributed by atoms with van der Waals surface area (Å²) in [6.45, 7) is 15.9. The quantitative estimate of drug-likeness (QED) is 0.283. The van der Waals surface area contributed by atoms with Gasteiger partial charge in [0, 0.05) is 19.6 Å². The number of nitrogens with zero attached hydrogens (tertiary/aromatic N) is 2. The van der Waals surface area contributed by atoms with Gasteiger partial charge in [-0.1, -0.05) is 19.9 Å². The van der Waals surface area contributed by atoms with Crippen LogP contribution in [0.25, 0.3) is 0 Å². The molecule has 0 radical (unpaired) electrons. The third-order valence-corrected chi connectivity index (χ3v) is 2.43. The van der Waals surface area contributed by atoms with E-state index < -0.39 is 0 Å². The Hall–Kier alpha value is -0.300. The van der Waals surface area contributed by atoms with E-state index in [0.29, 0.717) is 0 Å². The standard InChI is InChI=1S/C13H28N4.HI/c1-5-9-15-13(14-7-3)16-10-12-17(8-4)11-6-2;/h5H,1,6-12H2,2-4H3,(H2,14,15,16);1H. The van der Waals surface area contributed by atoms with Crippen LogP contribution in [0.3, 0.4) is 0 Å². The van der Waals surface area contributed by atoms with Gasteiger partial charge in [-0.2, -0.15) is 0 Å². The van der Waals surface area contributed by atoms with Crippen molar-refractivity contribution >= 4 is 29.9 Å². The summed E-state index contributed by atoms with van der Waals surface area (Å²) in [6, 6.07) is 0. The molecule has 0 aromatic carbocycles. The fourth-order valence-electron chi connectivity index (χ4n) is 1.56. The Morgan fingerprint density at radius 2 is 1.94 bits per heavy atom. The van der Waals surface area contributed by atoms with Crippen molar-refractivity contribution in [2.24, 2.45) is 4.99 Å². The normalized spacial score (nSPS) is 11.0. The van der Waals surface area contributed by atoms with Gasteiger partial charge >= 0.3 is 0 Å². The Morgan fingerprint density at radius 1 is 1.22 bits per heavy atom. The first-order valence-electron chi connectivity index (χ1n) is 6.63. The molecule has 0 aliphatic rings. The molecule has 0 atom stereocenters. The van der Waals surface area contributed by atoms with E-state index >= 15 is 0 Å². The first kappa shape index (κ1) is 20.0. The maximum atomic E-state index is 4.53. The zero-order valence-corrected chi connectivity index (χ0v) is 14.4. The van der Waals surface area contributed by atoms with Crippen molar-refractivity contribution < 1.29 is 0 Å². The first-order valence-corrected chi connectivity index (χ1v) is 6.63. The summed E-state index contributed by atoms with van der Waals surface area (Å²) in [4.78, 5) is 6.94. The van der Waals surface area contributed by atoms with Gasteiger partial charge in [0.1, 0.15) is 0 Å². The van der Waals surface area contributed by atoms with Crippen LogP contribution in [0, 0.1) is 0 Å². The highest BCUT2D eigenvalue weighted by atomic mass is 127. The van der Waals surface area contributed by atoms with Crippen molar-refractivity contribution in [2.75, 3.05) is 39.3 Å². The summed E-state index contributed by atoms with van der Waals surface area (Å²) < 4.78 is 0. The molecule has 2 N–H and O–H groups in total. The van der Waals surface area contributed by atoms with Gasteiger partial charge in [-0.3, -0.25) is 4.99 Å². The molecule has 0 bridgehead atoms. The Kier molecular flexibility index (Phi) is 16.4. The van der Waals surface area contributed by atoms with Crippen LogP contribution in [0.2, 0.25) is 0 Å². The second-order valence-corrected chi connectivity index (χ2v) is 3.86. The van der Waals surface area contributed by atoms with Gasteiger partial charge in [-0.15, -0.1) is 30.6 Å². The number of halogens is 1. The number of likely N-dealkylation sites (N-methyl/N-ethyl adjacent to an activating group) is 1. The molecule has 0 aromatic rings. The van der Waals surface area contributed by atoms with E-state index in [1.165, 1.54) is 6.42 Å². The van der Waals surface area contributed by atoms with Crippen LogP contribution >= 0.6 is 24.0 Å². The molecule has 108 valence electrons. The topological polar surface area (TPSA) is 39.7 Å². The number of guanidine groups is 1. The predicted molar refractivity (Wildman–Crippen MR) is 92.0 cm³/mol. The first-order chi connectivity index (χ1) is 8.28. The third kappa shape index (κ3) is 10.8. The van der Waals surface area contributed by atoms with Gasteiger partial charge in [-0.05, 0) is 26.4 Å². The number of hydrogen-bond acceptors (Lipinski definition) is 2. The Bertz CT molecular complexity index is 219. The molecule has 0 aliphatic heterocycles. The molecule has 0 heterocycles. The minimum absolute atomic E-state index is 0. The number of nitrogens with one attached hydrogen (secondary N) is 2. The van der Waals surface area contributed by atoms with Crippen molar-refractivity contribution in [3.05, 3.63) is 12.7 Å². The maximum absolute atomic E-state index is 4.53. The van der Waals surface area contributed by atoms with Crippen LogP contribution in [-0.2, 0) is 0 Å². The van der Waals surface area contributed by atoms with Crippen LogP contribution in [0.1, 0.15) is 27.2 Å². The summed E-state index contributed by atoms with van der Waals surface area (Å²) in [5.74, 6) is 0.875. The van der Waals surface area contributed by atoms with Crippen LogP contribution in [-0.4, -0.2) is 50.1 Å². The maximum Gasteiger partial charge on any atom is 0.191 e. The molecule has 0 aromatic heterocycles. The molecule has 0 spiro atoms. The molecule has 18 heavy (non-hydrogen) atoms. The molecular formula is C13H29IN4.